The van der Waals surface area contributed by atoms with Crippen molar-refractivity contribution in [3.63, 3.8) is 0 Å². The molecule has 1 aromatic rings. The summed E-state index contributed by atoms with van der Waals surface area (Å²) in [5.74, 6) is -1.17. The van der Waals surface area contributed by atoms with Crippen LogP contribution in [0.3, 0.4) is 0 Å². The summed E-state index contributed by atoms with van der Waals surface area (Å²) in [4.78, 5) is 15.5. The first-order chi connectivity index (χ1) is 10.6. The minimum absolute atomic E-state index is 0.272. The molecule has 0 spiro atoms. The second-order valence-corrected chi connectivity index (χ2v) is 4.10. The fourth-order valence-electron chi connectivity index (χ4n) is 1.38. The molecule has 14 heteroatoms. The maximum absolute atomic E-state index is 12.5. The molecule has 0 heterocycles. The molecule has 0 aromatic heterocycles. The Bertz CT molecular complexity index is 572. The van der Waals surface area contributed by atoms with Crippen molar-refractivity contribution < 1.29 is 54.2 Å². The predicted octanol–water partition coefficient (Wildman–Crippen LogP) is 4.33. The van der Waals surface area contributed by atoms with Crippen LogP contribution in [0.15, 0.2) is 24.3 Å². The van der Waals surface area contributed by atoms with Crippen molar-refractivity contribution in [2.75, 3.05) is 0 Å². The van der Waals surface area contributed by atoms with Crippen LogP contribution in [0.2, 0.25) is 0 Å². The lowest BCUT2D eigenvalue weighted by Crippen LogP contribution is -2.68. The summed E-state index contributed by atoms with van der Waals surface area (Å²) < 4.78 is 113. The van der Waals surface area contributed by atoms with E-state index >= 15 is 0 Å². The number of nitro groups is 1. The second-order valence-electron chi connectivity index (χ2n) is 4.10. The van der Waals surface area contributed by atoms with Gasteiger partial charge in [0.15, 0.2) is 5.75 Å². The van der Waals surface area contributed by atoms with Crippen LogP contribution in [0.4, 0.5) is 45.2 Å². The van der Waals surface area contributed by atoms with Gasteiger partial charge in [0.25, 0.3) is 5.69 Å². The summed E-state index contributed by atoms with van der Waals surface area (Å²) in [7, 11) is 0. The van der Waals surface area contributed by atoms with Crippen LogP contribution in [0, 0.1) is 10.1 Å². The molecule has 0 bridgehead atoms. The van der Waals surface area contributed by atoms with E-state index in [1.54, 1.807) is 0 Å². The quantitative estimate of drug-likeness (QED) is 0.341. The van der Waals surface area contributed by atoms with Crippen LogP contribution in [0.1, 0.15) is 0 Å². The van der Waals surface area contributed by atoms with Crippen molar-refractivity contribution in [3.05, 3.63) is 34.4 Å². The third-order valence-corrected chi connectivity index (χ3v) is 2.49. The molecule has 1 rings (SSSR count). The summed E-state index contributed by atoms with van der Waals surface area (Å²) in [6, 6.07) is 2.33. The summed E-state index contributed by atoms with van der Waals surface area (Å²) >= 11 is 0. The Morgan fingerprint density at radius 1 is 0.875 bits per heavy atom. The van der Waals surface area contributed by atoms with Crippen molar-refractivity contribution in [2.45, 2.75) is 24.1 Å². The number of alkyl halides is 9. The fraction of sp³-hybridized carbons (Fsp3) is 0.400. The number of hydrogen-bond donors (Lipinski definition) is 0. The van der Waals surface area contributed by atoms with Gasteiger partial charge in [0.05, 0.1) is 11.0 Å². The molecule has 0 N–H and O–H groups in total. The number of nitrogens with zero attached hydrogens (tertiary/aromatic N) is 1. The molecular weight excluding hydrogens is 369 g/mol. The molecule has 0 unspecified atom stereocenters. The number of hydrogen-bond acceptors (Lipinski definition) is 4. The zero-order chi connectivity index (χ0) is 19.0. The molecule has 0 atom stereocenters. The Hall–Kier alpha value is -2.25. The molecule has 0 aliphatic rings. The highest BCUT2D eigenvalue weighted by atomic mass is 19.4. The zero-order valence-electron chi connectivity index (χ0n) is 10.8. The van der Waals surface area contributed by atoms with Gasteiger partial charge in [-0.15, -0.1) is 0 Å². The highest BCUT2D eigenvalue weighted by Gasteiger charge is 2.87. The Kier molecular flexibility index (Phi) is 4.94. The summed E-state index contributed by atoms with van der Waals surface area (Å²) in [6.07, 6.45) is -20.9. The molecule has 0 fully saturated rings. The average Bonchev–Trinajstić information content (AvgIpc) is 2.34. The molecule has 5 nitrogen and oxygen atoms in total. The minimum Gasteiger partial charge on any atom is -0.336 e. The van der Waals surface area contributed by atoms with E-state index in [0.717, 1.165) is 12.1 Å². The van der Waals surface area contributed by atoms with E-state index in [9.17, 15) is 49.6 Å². The summed E-state index contributed by atoms with van der Waals surface area (Å²) in [5.41, 5.74) is -7.51. The SMILES string of the molecule is O=[N+]([O-])c1cccc(OOC(C(F)(F)F)(C(F)(F)F)C(F)(F)F)c1. The Balaban J connectivity index is 3.29. The smallest absolute Gasteiger partial charge is 0.336 e. The molecule has 24 heavy (non-hydrogen) atoms. The highest BCUT2D eigenvalue weighted by molar-refractivity contribution is 5.37. The standard InChI is InChI=1S/C10H4F9NO4/c11-8(12,13)7(9(14,15)16,10(17,18)19)24-23-6-3-1-2-5(4-6)20(21)22/h1-4H. The van der Waals surface area contributed by atoms with Crippen LogP contribution in [-0.2, 0) is 4.89 Å². The first kappa shape index (κ1) is 19.8. The molecule has 0 aliphatic carbocycles. The van der Waals surface area contributed by atoms with Crippen LogP contribution >= 0.6 is 0 Å². The first-order valence-corrected chi connectivity index (χ1v) is 5.44. The third kappa shape index (κ3) is 3.47. The van der Waals surface area contributed by atoms with Crippen LogP contribution < -0.4 is 4.89 Å². The van der Waals surface area contributed by atoms with E-state index in [1.807, 2.05) is 0 Å². The van der Waals surface area contributed by atoms with E-state index in [0.29, 0.717) is 6.07 Å². The second kappa shape index (κ2) is 5.99. The molecule has 0 amide bonds. The van der Waals surface area contributed by atoms with Gasteiger partial charge in [-0.05, 0) is 6.07 Å². The zero-order valence-corrected chi connectivity index (χ0v) is 10.8. The van der Waals surface area contributed by atoms with E-state index in [-0.39, 0.29) is 6.07 Å². The van der Waals surface area contributed by atoms with Crippen molar-refractivity contribution in [1.82, 2.24) is 0 Å². The molecule has 0 aliphatic heterocycles. The Labute approximate surface area is 125 Å². The number of rotatable bonds is 4. The lowest BCUT2D eigenvalue weighted by Gasteiger charge is -2.36. The largest absolute Gasteiger partial charge is 0.440 e. The molecule has 0 saturated heterocycles. The number of halogens is 9. The predicted molar refractivity (Wildman–Crippen MR) is 55.7 cm³/mol. The van der Waals surface area contributed by atoms with Gasteiger partial charge >= 0.3 is 24.1 Å². The monoisotopic (exact) mass is 373 g/mol. The van der Waals surface area contributed by atoms with Gasteiger partial charge in [0, 0.05) is 6.07 Å². The van der Waals surface area contributed by atoms with Crippen LogP contribution in [0.5, 0.6) is 5.75 Å². The molecule has 0 saturated carbocycles. The van der Waals surface area contributed by atoms with Gasteiger partial charge in [-0.2, -0.15) is 44.4 Å². The molecular formula is C10H4F9NO4. The van der Waals surface area contributed by atoms with Gasteiger partial charge in [-0.3, -0.25) is 10.1 Å². The van der Waals surface area contributed by atoms with Gasteiger partial charge in [0.1, 0.15) is 0 Å². The molecule has 0 radical (unpaired) electrons. The van der Waals surface area contributed by atoms with Crippen molar-refractivity contribution >= 4 is 5.69 Å². The maximum Gasteiger partial charge on any atom is 0.440 e. The number of nitro benzene ring substituents is 1. The number of benzene rings is 1. The lowest BCUT2D eigenvalue weighted by molar-refractivity contribution is -0.513. The average molecular weight is 373 g/mol. The van der Waals surface area contributed by atoms with Crippen LogP contribution in [0.25, 0.3) is 0 Å². The lowest BCUT2D eigenvalue weighted by atomic mass is 10.0. The Morgan fingerprint density at radius 2 is 1.33 bits per heavy atom. The topological polar surface area (TPSA) is 61.6 Å². The Morgan fingerprint density at radius 3 is 1.71 bits per heavy atom. The highest BCUT2D eigenvalue weighted by Crippen LogP contribution is 2.54. The minimum atomic E-state index is -6.98. The van der Waals surface area contributed by atoms with E-state index in [4.69, 9.17) is 0 Å². The van der Waals surface area contributed by atoms with Gasteiger partial charge in [0.2, 0.25) is 0 Å². The third-order valence-electron chi connectivity index (χ3n) is 2.49. The van der Waals surface area contributed by atoms with E-state index in [1.165, 1.54) is 0 Å². The fourth-order valence-corrected chi connectivity index (χ4v) is 1.38. The molecule has 136 valence electrons. The number of non-ortho nitro benzene ring substituents is 1. The normalized spacial score (nSPS) is 13.7. The van der Waals surface area contributed by atoms with Crippen molar-refractivity contribution in [1.29, 1.82) is 0 Å². The van der Waals surface area contributed by atoms with Gasteiger partial charge in [-0.1, -0.05) is 6.07 Å². The summed E-state index contributed by atoms with van der Waals surface area (Å²) in [6.45, 7) is 0. The van der Waals surface area contributed by atoms with Gasteiger partial charge in [-0.25, -0.2) is 0 Å². The van der Waals surface area contributed by atoms with E-state index in [2.05, 4.69) is 9.78 Å². The first-order valence-electron chi connectivity index (χ1n) is 5.44. The van der Waals surface area contributed by atoms with Crippen LogP contribution in [-0.4, -0.2) is 29.1 Å². The van der Waals surface area contributed by atoms with Crippen molar-refractivity contribution in [2.24, 2.45) is 0 Å². The summed E-state index contributed by atoms with van der Waals surface area (Å²) in [5, 5.41) is 10.4. The maximum atomic E-state index is 12.5. The van der Waals surface area contributed by atoms with E-state index < -0.39 is 40.5 Å². The van der Waals surface area contributed by atoms with Crippen molar-refractivity contribution in [3.8, 4) is 5.75 Å². The van der Waals surface area contributed by atoms with Gasteiger partial charge < -0.3 is 4.89 Å². The molecule has 1 aromatic carbocycles.